The van der Waals surface area contributed by atoms with E-state index in [1.807, 2.05) is 62.6 Å². The number of carbonyl (C=O) groups excluding carboxylic acids is 2. The highest BCUT2D eigenvalue weighted by Crippen LogP contribution is 2.47. The number of nitrogens with zero attached hydrogens (tertiary/aromatic N) is 1. The highest BCUT2D eigenvalue weighted by atomic mass is 16.6. The Labute approximate surface area is 193 Å². The van der Waals surface area contributed by atoms with E-state index in [0.717, 1.165) is 16.9 Å². The van der Waals surface area contributed by atoms with Crippen molar-refractivity contribution < 1.29 is 24.2 Å². The molecular weight excluding hydrogens is 422 g/mol. The quantitative estimate of drug-likeness (QED) is 0.565. The van der Waals surface area contributed by atoms with Gasteiger partial charge in [0, 0.05) is 23.7 Å². The first kappa shape index (κ1) is 23.2. The van der Waals surface area contributed by atoms with Gasteiger partial charge in [-0.2, -0.15) is 0 Å². The van der Waals surface area contributed by atoms with Crippen LogP contribution in [0.25, 0.3) is 0 Å². The third-order valence-corrected chi connectivity index (χ3v) is 5.99. The predicted molar refractivity (Wildman–Crippen MR) is 124 cm³/mol. The molecular formula is C25H31N3O5. The SMILES string of the molecule is CN(C)CC(=O)Nc1ccc2c(c1)[C@H]1C[C@H](CC(=O)NCc3ccccc3)O[C@H](CO)[C@H]1O2. The normalized spacial score (nSPS) is 23.4. The second-order valence-electron chi connectivity index (χ2n) is 8.91. The van der Waals surface area contributed by atoms with Crippen LogP contribution in [0.2, 0.25) is 0 Å². The van der Waals surface area contributed by atoms with Crippen molar-refractivity contribution in [1.82, 2.24) is 10.2 Å². The Balaban J connectivity index is 1.42. The number of likely N-dealkylation sites (N-methyl/N-ethyl adjacent to an activating group) is 1. The van der Waals surface area contributed by atoms with Crippen molar-refractivity contribution in [1.29, 1.82) is 0 Å². The average Bonchev–Trinajstić information content (AvgIpc) is 3.15. The van der Waals surface area contributed by atoms with Crippen molar-refractivity contribution in [3.8, 4) is 5.75 Å². The minimum atomic E-state index is -0.519. The van der Waals surface area contributed by atoms with Crippen LogP contribution in [0.15, 0.2) is 48.5 Å². The van der Waals surface area contributed by atoms with Gasteiger partial charge in [-0.25, -0.2) is 0 Å². The van der Waals surface area contributed by atoms with E-state index < -0.39 is 6.10 Å². The van der Waals surface area contributed by atoms with Crippen molar-refractivity contribution >= 4 is 17.5 Å². The van der Waals surface area contributed by atoms with E-state index in [9.17, 15) is 14.7 Å². The zero-order chi connectivity index (χ0) is 23.4. The highest BCUT2D eigenvalue weighted by Gasteiger charge is 2.46. The van der Waals surface area contributed by atoms with Gasteiger partial charge in [0.05, 0.1) is 25.7 Å². The van der Waals surface area contributed by atoms with Crippen LogP contribution in [0, 0.1) is 0 Å². The molecule has 8 nitrogen and oxygen atoms in total. The lowest BCUT2D eigenvalue weighted by Gasteiger charge is -2.37. The first-order chi connectivity index (χ1) is 15.9. The molecule has 4 rings (SSSR count). The molecule has 2 heterocycles. The minimum Gasteiger partial charge on any atom is -0.487 e. The molecule has 2 aliphatic rings. The van der Waals surface area contributed by atoms with Gasteiger partial charge in [0.2, 0.25) is 11.8 Å². The molecule has 33 heavy (non-hydrogen) atoms. The lowest BCUT2D eigenvalue weighted by Crippen LogP contribution is -2.47. The lowest BCUT2D eigenvalue weighted by atomic mass is 9.84. The van der Waals surface area contributed by atoms with Gasteiger partial charge >= 0.3 is 0 Å². The molecule has 0 radical (unpaired) electrons. The smallest absolute Gasteiger partial charge is 0.238 e. The maximum atomic E-state index is 12.5. The predicted octanol–water partition coefficient (Wildman–Crippen LogP) is 1.89. The van der Waals surface area contributed by atoms with E-state index in [1.165, 1.54) is 0 Å². The molecule has 2 aromatic rings. The fraction of sp³-hybridized carbons (Fsp3) is 0.440. The van der Waals surface area contributed by atoms with Gasteiger partial charge in [0.15, 0.2) is 0 Å². The number of anilines is 1. The Kier molecular flexibility index (Phi) is 7.27. The van der Waals surface area contributed by atoms with Crippen molar-refractivity contribution in [2.75, 3.05) is 32.6 Å². The summed E-state index contributed by atoms with van der Waals surface area (Å²) in [5, 5.41) is 15.8. The zero-order valence-electron chi connectivity index (χ0n) is 19.0. The van der Waals surface area contributed by atoms with Crippen LogP contribution in [-0.2, 0) is 20.9 Å². The van der Waals surface area contributed by atoms with Crippen LogP contribution >= 0.6 is 0 Å². The summed E-state index contributed by atoms with van der Waals surface area (Å²) < 4.78 is 12.1. The third-order valence-electron chi connectivity index (χ3n) is 5.99. The summed E-state index contributed by atoms with van der Waals surface area (Å²) in [6.45, 7) is 0.563. The van der Waals surface area contributed by atoms with E-state index in [2.05, 4.69) is 10.6 Å². The van der Waals surface area contributed by atoms with E-state index in [4.69, 9.17) is 9.47 Å². The molecule has 2 aliphatic heterocycles. The van der Waals surface area contributed by atoms with Gasteiger partial charge < -0.3 is 30.1 Å². The second kappa shape index (κ2) is 10.3. The number of amides is 2. The molecule has 0 aromatic heterocycles. The first-order valence-corrected chi connectivity index (χ1v) is 11.2. The van der Waals surface area contributed by atoms with E-state index in [1.54, 1.807) is 4.90 Å². The molecule has 0 bridgehead atoms. The van der Waals surface area contributed by atoms with Crippen molar-refractivity contribution in [3.05, 3.63) is 59.7 Å². The number of aliphatic hydroxyl groups is 1. The zero-order valence-corrected chi connectivity index (χ0v) is 19.0. The molecule has 3 N–H and O–H groups in total. The molecule has 4 atom stereocenters. The van der Waals surface area contributed by atoms with Crippen molar-refractivity contribution in [2.45, 2.75) is 43.6 Å². The fourth-order valence-electron chi connectivity index (χ4n) is 4.53. The number of ether oxygens (including phenoxy) is 2. The Morgan fingerprint density at radius 3 is 2.64 bits per heavy atom. The summed E-state index contributed by atoms with van der Waals surface area (Å²) in [4.78, 5) is 26.5. The molecule has 8 heteroatoms. The topological polar surface area (TPSA) is 100 Å². The Morgan fingerprint density at radius 2 is 1.91 bits per heavy atom. The molecule has 2 amide bonds. The van der Waals surface area contributed by atoms with E-state index in [-0.39, 0.29) is 43.0 Å². The molecule has 176 valence electrons. The Bertz CT molecular complexity index is 981. The van der Waals surface area contributed by atoms with Crippen LogP contribution in [-0.4, -0.2) is 67.4 Å². The van der Waals surface area contributed by atoms with Gasteiger partial charge in [0.25, 0.3) is 0 Å². The van der Waals surface area contributed by atoms with Gasteiger partial charge in [-0.3, -0.25) is 9.59 Å². The monoisotopic (exact) mass is 453 g/mol. The standard InChI is InChI=1S/C25H31N3O5/c1-28(2)14-24(31)27-17-8-9-21-19(10-17)20-11-18(32-22(15-29)25(20)33-21)12-23(30)26-13-16-6-4-3-5-7-16/h3-10,18,20,22,25,29H,11-15H2,1-2H3,(H,26,30)(H,27,31)/t18-,20-,22-,25+/m1/s1. The fourth-order valence-corrected chi connectivity index (χ4v) is 4.53. The highest BCUT2D eigenvalue weighted by molar-refractivity contribution is 5.92. The van der Waals surface area contributed by atoms with Crippen molar-refractivity contribution in [2.24, 2.45) is 0 Å². The lowest BCUT2D eigenvalue weighted by molar-refractivity contribution is -0.142. The molecule has 0 unspecified atom stereocenters. The number of aliphatic hydroxyl groups excluding tert-OH is 1. The molecule has 1 saturated heterocycles. The number of fused-ring (bicyclic) bond motifs is 3. The second-order valence-corrected chi connectivity index (χ2v) is 8.91. The molecule has 2 aromatic carbocycles. The number of carbonyl (C=O) groups is 2. The molecule has 0 aliphatic carbocycles. The van der Waals surface area contributed by atoms with Crippen LogP contribution in [0.4, 0.5) is 5.69 Å². The minimum absolute atomic E-state index is 0.0245. The maximum absolute atomic E-state index is 12.5. The Hall–Kier alpha value is -2.94. The van der Waals surface area contributed by atoms with E-state index in [0.29, 0.717) is 25.2 Å². The Morgan fingerprint density at radius 1 is 1.12 bits per heavy atom. The average molecular weight is 454 g/mol. The van der Waals surface area contributed by atoms with Gasteiger partial charge in [-0.1, -0.05) is 30.3 Å². The van der Waals surface area contributed by atoms with Gasteiger partial charge in [0.1, 0.15) is 18.0 Å². The van der Waals surface area contributed by atoms with Crippen LogP contribution in [0.1, 0.15) is 29.9 Å². The third kappa shape index (κ3) is 5.71. The summed E-state index contributed by atoms with van der Waals surface area (Å²) in [7, 11) is 3.68. The van der Waals surface area contributed by atoms with Crippen LogP contribution < -0.4 is 15.4 Å². The number of rotatable bonds is 8. The number of nitrogens with one attached hydrogen (secondary N) is 2. The van der Waals surface area contributed by atoms with Crippen molar-refractivity contribution in [3.63, 3.8) is 0 Å². The number of benzene rings is 2. The number of hydrogen-bond acceptors (Lipinski definition) is 6. The number of hydrogen-bond donors (Lipinski definition) is 3. The molecule has 1 fully saturated rings. The maximum Gasteiger partial charge on any atom is 0.238 e. The first-order valence-electron chi connectivity index (χ1n) is 11.2. The van der Waals surface area contributed by atoms with Gasteiger partial charge in [-0.05, 0) is 44.3 Å². The summed E-state index contributed by atoms with van der Waals surface area (Å²) in [5.74, 6) is 0.516. The van der Waals surface area contributed by atoms with Gasteiger partial charge in [-0.15, -0.1) is 0 Å². The summed E-state index contributed by atoms with van der Waals surface area (Å²) in [6.07, 6.45) is -0.361. The summed E-state index contributed by atoms with van der Waals surface area (Å²) >= 11 is 0. The molecule has 0 saturated carbocycles. The van der Waals surface area contributed by atoms with Crippen LogP contribution in [0.3, 0.4) is 0 Å². The summed E-state index contributed by atoms with van der Waals surface area (Å²) in [5.41, 5.74) is 2.71. The molecule has 0 spiro atoms. The summed E-state index contributed by atoms with van der Waals surface area (Å²) in [6, 6.07) is 15.3. The van der Waals surface area contributed by atoms with Crippen LogP contribution in [0.5, 0.6) is 5.75 Å². The van der Waals surface area contributed by atoms with E-state index >= 15 is 0 Å². The largest absolute Gasteiger partial charge is 0.487 e.